The lowest BCUT2D eigenvalue weighted by Crippen LogP contribution is -2.60. The Labute approximate surface area is 204 Å². The van der Waals surface area contributed by atoms with Crippen molar-refractivity contribution in [3.8, 4) is 5.69 Å². The molecule has 2 unspecified atom stereocenters. The Balaban J connectivity index is 1.24. The molecule has 184 valence electrons. The van der Waals surface area contributed by atoms with Crippen LogP contribution in [0.4, 0.5) is 8.78 Å². The number of rotatable bonds is 3. The molecular weight excluding hydrogens is 444 g/mol. The Morgan fingerprint density at radius 3 is 2.09 bits per heavy atom. The number of carbonyl (C=O) groups excluding carboxylic acids is 1. The average molecular weight is 478 g/mol. The van der Waals surface area contributed by atoms with E-state index < -0.39 is 11.6 Å². The van der Waals surface area contributed by atoms with Crippen LogP contribution in [-0.2, 0) is 0 Å². The van der Waals surface area contributed by atoms with Crippen molar-refractivity contribution < 1.29 is 13.6 Å². The van der Waals surface area contributed by atoms with Gasteiger partial charge in [0.05, 0.1) is 5.69 Å². The second kappa shape index (κ2) is 7.17. The first-order valence-corrected chi connectivity index (χ1v) is 13.8. The minimum atomic E-state index is -0.618. The van der Waals surface area contributed by atoms with E-state index >= 15 is 4.39 Å². The number of nitrogens with one attached hydrogen (secondary N) is 1. The van der Waals surface area contributed by atoms with Gasteiger partial charge in [-0.2, -0.15) is 5.10 Å². The number of carbonyl (C=O) groups is 1. The lowest BCUT2D eigenvalue weighted by Gasteiger charge is -2.56. The average Bonchev–Trinajstić information content (AvgIpc) is 3.09. The van der Waals surface area contributed by atoms with E-state index in [1.165, 1.54) is 37.8 Å². The number of halogens is 2. The van der Waals surface area contributed by atoms with E-state index in [9.17, 15) is 9.18 Å². The van der Waals surface area contributed by atoms with Gasteiger partial charge in [0.15, 0.2) is 11.5 Å². The number of nitrogens with zero attached hydrogens (tertiary/aromatic N) is 2. The van der Waals surface area contributed by atoms with E-state index in [4.69, 9.17) is 5.10 Å². The van der Waals surface area contributed by atoms with E-state index in [0.29, 0.717) is 29.4 Å². The largest absolute Gasteiger partial charge is 0.345 e. The molecule has 1 N–H and O–H groups in total. The van der Waals surface area contributed by atoms with Crippen molar-refractivity contribution in [1.82, 2.24) is 15.1 Å². The maximum Gasteiger partial charge on any atom is 0.272 e. The van der Waals surface area contributed by atoms with Crippen LogP contribution in [0, 0.1) is 41.2 Å². The molecule has 1 aromatic heterocycles. The highest BCUT2D eigenvalue weighted by Gasteiger charge is 2.52. The van der Waals surface area contributed by atoms with E-state index in [0.717, 1.165) is 80.0 Å². The van der Waals surface area contributed by atoms with Gasteiger partial charge in [0.2, 0.25) is 0 Å². The highest BCUT2D eigenvalue weighted by molar-refractivity contribution is 5.95. The Hall–Kier alpha value is -2.24. The number of benzene rings is 1. The molecule has 35 heavy (non-hydrogen) atoms. The fraction of sp³-hybridized carbons (Fsp3) is 0.655. The Kier molecular flexibility index (Phi) is 4.28. The van der Waals surface area contributed by atoms with E-state index in [2.05, 4.69) is 5.32 Å². The first-order valence-electron chi connectivity index (χ1n) is 13.8. The second-order valence-electron chi connectivity index (χ2n) is 13.1. The topological polar surface area (TPSA) is 46.9 Å². The number of hydrogen-bond donors (Lipinski definition) is 1. The third kappa shape index (κ3) is 3.13. The summed E-state index contributed by atoms with van der Waals surface area (Å²) in [6.07, 6.45) is 12.9. The molecule has 8 bridgehead atoms. The molecule has 0 radical (unpaired) electrons. The highest BCUT2D eigenvalue weighted by atomic mass is 19.1. The molecule has 0 aliphatic heterocycles. The van der Waals surface area contributed by atoms with Gasteiger partial charge >= 0.3 is 0 Å². The lowest BCUT2D eigenvalue weighted by molar-refractivity contribution is -0.0168. The Morgan fingerprint density at radius 1 is 0.857 bits per heavy atom. The van der Waals surface area contributed by atoms with E-state index in [1.54, 1.807) is 4.68 Å². The van der Waals surface area contributed by atoms with Crippen LogP contribution >= 0.6 is 0 Å². The molecule has 1 amide bonds. The minimum absolute atomic E-state index is 0.0642. The number of amides is 1. The van der Waals surface area contributed by atoms with Gasteiger partial charge in [-0.05, 0) is 118 Å². The summed E-state index contributed by atoms with van der Waals surface area (Å²) in [6, 6.07) is 3.70. The Bertz CT molecular complexity index is 1190. The third-order valence-corrected chi connectivity index (χ3v) is 10.7. The molecule has 4 nitrogen and oxygen atoms in total. The quantitative estimate of drug-likeness (QED) is 0.569. The fourth-order valence-electron chi connectivity index (χ4n) is 10.1. The third-order valence-electron chi connectivity index (χ3n) is 10.7. The molecule has 2 atom stereocenters. The normalized spacial score (nSPS) is 40.1. The van der Waals surface area contributed by atoms with Crippen LogP contribution in [0.15, 0.2) is 18.2 Å². The summed E-state index contributed by atoms with van der Waals surface area (Å²) in [5.41, 5.74) is 2.79. The molecule has 1 heterocycles. The van der Waals surface area contributed by atoms with Gasteiger partial charge in [-0.3, -0.25) is 4.79 Å². The molecule has 6 heteroatoms. The van der Waals surface area contributed by atoms with Gasteiger partial charge in [-0.25, -0.2) is 13.5 Å². The summed E-state index contributed by atoms with van der Waals surface area (Å²) >= 11 is 0. The zero-order chi connectivity index (χ0) is 23.5. The van der Waals surface area contributed by atoms with Crippen LogP contribution in [-0.4, -0.2) is 21.2 Å². The zero-order valence-corrected chi connectivity index (χ0v) is 20.1. The molecule has 10 rings (SSSR count). The van der Waals surface area contributed by atoms with Crippen molar-refractivity contribution in [2.75, 3.05) is 0 Å². The lowest BCUT2D eigenvalue weighted by atomic mass is 9.53. The molecule has 6 fully saturated rings. The maximum absolute atomic E-state index is 15.0. The van der Waals surface area contributed by atoms with Crippen molar-refractivity contribution in [1.29, 1.82) is 0 Å². The molecule has 8 aliphatic rings. The van der Waals surface area contributed by atoms with Crippen LogP contribution in [0.3, 0.4) is 0 Å². The summed E-state index contributed by atoms with van der Waals surface area (Å²) in [4.78, 5) is 14.0. The molecule has 6 saturated carbocycles. The van der Waals surface area contributed by atoms with E-state index in [1.807, 2.05) is 0 Å². The minimum Gasteiger partial charge on any atom is -0.345 e. The van der Waals surface area contributed by atoms with Gasteiger partial charge in [-0.15, -0.1) is 0 Å². The van der Waals surface area contributed by atoms with Crippen molar-refractivity contribution in [3.05, 3.63) is 46.8 Å². The summed E-state index contributed by atoms with van der Waals surface area (Å²) in [5.74, 6) is 2.92. The number of hydrogen-bond acceptors (Lipinski definition) is 2. The Morgan fingerprint density at radius 2 is 1.46 bits per heavy atom. The van der Waals surface area contributed by atoms with Gasteiger partial charge in [-0.1, -0.05) is 0 Å². The predicted molar refractivity (Wildman–Crippen MR) is 127 cm³/mol. The molecule has 1 aromatic carbocycles. The van der Waals surface area contributed by atoms with E-state index in [-0.39, 0.29) is 17.1 Å². The maximum atomic E-state index is 15.0. The van der Waals surface area contributed by atoms with Crippen molar-refractivity contribution >= 4 is 5.91 Å². The van der Waals surface area contributed by atoms with Crippen molar-refractivity contribution in [2.24, 2.45) is 29.6 Å². The summed E-state index contributed by atoms with van der Waals surface area (Å²) in [7, 11) is 0. The predicted octanol–water partition coefficient (Wildman–Crippen LogP) is 6.24. The highest BCUT2D eigenvalue weighted by Crippen LogP contribution is 2.58. The van der Waals surface area contributed by atoms with Crippen LogP contribution in [0.25, 0.3) is 5.69 Å². The monoisotopic (exact) mass is 477 g/mol. The standard InChI is InChI=1S/C29H33F2N3O/c30-22-1-2-24(23(31)11-22)34-27-21-9-15-3-16(10-21)8-20(7-15)25(27)26(33-34)28(35)32-29-12-17-4-18(13-29)6-19(5-17)14-29/h1-2,11,15-21H,3-10,12-14H2,(H,32,35). The van der Waals surface area contributed by atoms with Gasteiger partial charge in [0, 0.05) is 23.1 Å². The smallest absolute Gasteiger partial charge is 0.272 e. The molecular formula is C29H33F2N3O. The van der Waals surface area contributed by atoms with Crippen LogP contribution in [0.2, 0.25) is 0 Å². The SMILES string of the molecule is O=C(NC12CC3CC(CC(C3)C1)C2)c1nn(-c2ccc(F)cc2F)c2c1C1CC3CC(C1)CC2C3. The summed E-state index contributed by atoms with van der Waals surface area (Å²) in [6.45, 7) is 0. The van der Waals surface area contributed by atoms with Crippen molar-refractivity contribution in [2.45, 2.75) is 88.0 Å². The first kappa shape index (κ1) is 20.9. The van der Waals surface area contributed by atoms with Crippen LogP contribution in [0.1, 0.15) is 104 Å². The van der Waals surface area contributed by atoms with Crippen LogP contribution in [0.5, 0.6) is 0 Å². The van der Waals surface area contributed by atoms with Gasteiger partial charge in [0.25, 0.3) is 5.91 Å². The zero-order valence-electron chi connectivity index (χ0n) is 20.1. The van der Waals surface area contributed by atoms with Crippen molar-refractivity contribution in [3.63, 3.8) is 0 Å². The second-order valence-corrected chi connectivity index (χ2v) is 13.1. The molecule has 2 aromatic rings. The first-order chi connectivity index (χ1) is 16.9. The number of aromatic nitrogens is 2. The van der Waals surface area contributed by atoms with Gasteiger partial charge < -0.3 is 5.32 Å². The molecule has 8 aliphatic carbocycles. The molecule has 0 saturated heterocycles. The van der Waals surface area contributed by atoms with Gasteiger partial charge in [0.1, 0.15) is 11.5 Å². The summed E-state index contributed by atoms with van der Waals surface area (Å²) in [5, 5.41) is 8.39. The fourth-order valence-corrected chi connectivity index (χ4v) is 10.1. The molecule has 0 spiro atoms. The summed E-state index contributed by atoms with van der Waals surface area (Å²) < 4.78 is 30.5. The van der Waals surface area contributed by atoms with Crippen LogP contribution < -0.4 is 5.32 Å².